The molecule has 2 saturated heterocycles. The van der Waals surface area contributed by atoms with Gasteiger partial charge in [-0.3, -0.25) is 0 Å². The van der Waals surface area contributed by atoms with Crippen LogP contribution in [0.3, 0.4) is 0 Å². The Bertz CT molecular complexity index is 550. The second-order valence-corrected chi connectivity index (χ2v) is 7.32. The molecule has 0 aliphatic carbocycles. The minimum absolute atomic E-state index is 0.160. The zero-order chi connectivity index (χ0) is 17.6. The van der Waals surface area contributed by atoms with Crippen molar-refractivity contribution < 1.29 is 9.53 Å². The van der Waals surface area contributed by atoms with Crippen molar-refractivity contribution in [3.8, 4) is 0 Å². The van der Waals surface area contributed by atoms with Gasteiger partial charge in [-0.15, -0.1) is 0 Å². The first kappa shape index (κ1) is 18.3. The molecule has 138 valence electrons. The van der Waals surface area contributed by atoms with Gasteiger partial charge in [0.1, 0.15) is 0 Å². The molecule has 25 heavy (non-hydrogen) atoms. The second kappa shape index (κ2) is 8.77. The molecule has 1 aromatic carbocycles. The highest BCUT2D eigenvalue weighted by Gasteiger charge is 2.29. The van der Waals surface area contributed by atoms with Crippen LogP contribution < -0.4 is 5.32 Å². The number of amides is 1. The molecule has 3 rings (SSSR count). The number of halogens is 1. The summed E-state index contributed by atoms with van der Waals surface area (Å²) < 4.78 is 5.10. The van der Waals surface area contributed by atoms with Crippen LogP contribution in [0.4, 0.5) is 10.5 Å². The van der Waals surface area contributed by atoms with Crippen molar-refractivity contribution in [3.05, 3.63) is 29.3 Å². The molecule has 0 unspecified atom stereocenters. The van der Waals surface area contributed by atoms with Crippen molar-refractivity contribution in [3.63, 3.8) is 0 Å². The maximum Gasteiger partial charge on any atom is 0.409 e. The monoisotopic (exact) mass is 365 g/mol. The minimum atomic E-state index is -0.160. The van der Waals surface area contributed by atoms with Crippen LogP contribution in [-0.4, -0.2) is 60.8 Å². The molecule has 0 aromatic heterocycles. The van der Waals surface area contributed by atoms with E-state index in [1.165, 1.54) is 0 Å². The minimum Gasteiger partial charge on any atom is -0.450 e. The van der Waals surface area contributed by atoms with Crippen LogP contribution >= 0.6 is 11.6 Å². The van der Waals surface area contributed by atoms with E-state index >= 15 is 0 Å². The maximum atomic E-state index is 11.8. The molecule has 2 heterocycles. The molecule has 1 N–H and O–H groups in total. The van der Waals surface area contributed by atoms with Crippen molar-refractivity contribution >= 4 is 23.4 Å². The summed E-state index contributed by atoms with van der Waals surface area (Å²) in [5.74, 6) is 0. The lowest BCUT2D eigenvalue weighted by Crippen LogP contribution is -2.50. The summed E-state index contributed by atoms with van der Waals surface area (Å²) in [5.41, 5.74) is 1.14. The Morgan fingerprint density at radius 2 is 1.76 bits per heavy atom. The number of carbonyl (C=O) groups excluding carboxylic acids is 1. The highest BCUT2D eigenvalue weighted by Crippen LogP contribution is 2.23. The molecule has 5 nitrogen and oxygen atoms in total. The lowest BCUT2D eigenvalue weighted by atomic mass is 9.98. The van der Waals surface area contributed by atoms with Gasteiger partial charge in [-0.2, -0.15) is 0 Å². The zero-order valence-electron chi connectivity index (χ0n) is 14.9. The van der Waals surface area contributed by atoms with Gasteiger partial charge in [0.2, 0.25) is 0 Å². The third kappa shape index (κ3) is 5.02. The predicted octanol–water partition coefficient (Wildman–Crippen LogP) is 3.84. The van der Waals surface area contributed by atoms with E-state index in [9.17, 15) is 4.79 Å². The Morgan fingerprint density at radius 3 is 2.36 bits per heavy atom. The number of hydrogen-bond acceptors (Lipinski definition) is 4. The molecular weight excluding hydrogens is 338 g/mol. The van der Waals surface area contributed by atoms with E-state index in [1.807, 2.05) is 36.1 Å². The Labute approximate surface area is 155 Å². The van der Waals surface area contributed by atoms with Gasteiger partial charge < -0.3 is 19.9 Å². The number of nitrogens with one attached hydrogen (secondary N) is 1. The Morgan fingerprint density at radius 1 is 1.12 bits per heavy atom. The van der Waals surface area contributed by atoms with Crippen molar-refractivity contribution in [2.24, 2.45) is 0 Å². The average molecular weight is 366 g/mol. The van der Waals surface area contributed by atoms with Crippen molar-refractivity contribution in [2.45, 2.75) is 44.7 Å². The topological polar surface area (TPSA) is 44.8 Å². The van der Waals surface area contributed by atoms with Gasteiger partial charge in [-0.25, -0.2) is 4.79 Å². The average Bonchev–Trinajstić information content (AvgIpc) is 2.65. The highest BCUT2D eigenvalue weighted by atomic mass is 35.5. The standard InChI is InChI=1S/C19H28ClN3O2/c1-2-25-19(24)23-13-9-18(10-14-23)22-11-7-17(8-12-22)21-16-5-3-15(20)4-6-16/h3-6,17-18,21H,2,7-14H2,1H3. The maximum absolute atomic E-state index is 11.8. The van der Waals surface area contributed by atoms with Crippen LogP contribution in [0, 0.1) is 0 Å². The predicted molar refractivity (Wildman–Crippen MR) is 101 cm³/mol. The summed E-state index contributed by atoms with van der Waals surface area (Å²) in [6.45, 7) is 6.17. The first-order valence-electron chi connectivity index (χ1n) is 9.33. The third-order valence-corrected chi connectivity index (χ3v) is 5.50. The number of anilines is 1. The summed E-state index contributed by atoms with van der Waals surface area (Å²) in [5, 5.41) is 4.39. The van der Waals surface area contributed by atoms with Crippen LogP contribution in [0.1, 0.15) is 32.6 Å². The number of piperidine rings is 2. The van der Waals surface area contributed by atoms with Crippen LogP contribution in [0.2, 0.25) is 5.02 Å². The van der Waals surface area contributed by atoms with Crippen LogP contribution in [-0.2, 0) is 4.74 Å². The lowest BCUT2D eigenvalue weighted by Gasteiger charge is -2.41. The summed E-state index contributed by atoms with van der Waals surface area (Å²) in [7, 11) is 0. The molecule has 0 radical (unpaired) electrons. The smallest absolute Gasteiger partial charge is 0.409 e. The highest BCUT2D eigenvalue weighted by molar-refractivity contribution is 6.30. The first-order valence-corrected chi connectivity index (χ1v) is 9.71. The van der Waals surface area contributed by atoms with E-state index in [2.05, 4.69) is 10.2 Å². The fourth-order valence-corrected chi connectivity index (χ4v) is 3.95. The molecule has 0 atom stereocenters. The number of ether oxygens (including phenoxy) is 1. The van der Waals surface area contributed by atoms with E-state index in [1.54, 1.807) is 0 Å². The Kier molecular flexibility index (Phi) is 6.43. The molecule has 0 saturated carbocycles. The van der Waals surface area contributed by atoms with E-state index in [0.717, 1.165) is 62.6 Å². The van der Waals surface area contributed by atoms with Crippen molar-refractivity contribution in [2.75, 3.05) is 38.1 Å². The van der Waals surface area contributed by atoms with E-state index in [0.29, 0.717) is 18.7 Å². The molecule has 2 aliphatic rings. The van der Waals surface area contributed by atoms with Gasteiger partial charge in [-0.1, -0.05) is 11.6 Å². The fourth-order valence-electron chi connectivity index (χ4n) is 3.82. The van der Waals surface area contributed by atoms with Gasteiger partial charge >= 0.3 is 6.09 Å². The first-order chi connectivity index (χ1) is 12.2. The van der Waals surface area contributed by atoms with Gasteiger partial charge in [0, 0.05) is 49.0 Å². The van der Waals surface area contributed by atoms with E-state index in [-0.39, 0.29) is 6.09 Å². The normalized spacial score (nSPS) is 20.5. The number of hydrogen-bond donors (Lipinski definition) is 1. The lowest BCUT2D eigenvalue weighted by molar-refractivity contribution is 0.0674. The van der Waals surface area contributed by atoms with Crippen molar-refractivity contribution in [1.82, 2.24) is 9.80 Å². The largest absolute Gasteiger partial charge is 0.450 e. The molecular formula is C19H28ClN3O2. The zero-order valence-corrected chi connectivity index (χ0v) is 15.7. The number of benzene rings is 1. The van der Waals surface area contributed by atoms with Crippen LogP contribution in [0.25, 0.3) is 0 Å². The molecule has 6 heteroatoms. The molecule has 0 bridgehead atoms. The third-order valence-electron chi connectivity index (χ3n) is 5.25. The molecule has 1 aromatic rings. The number of carbonyl (C=O) groups is 1. The molecule has 2 fully saturated rings. The number of rotatable bonds is 4. The summed E-state index contributed by atoms with van der Waals surface area (Å²) in [6.07, 6.45) is 4.25. The van der Waals surface area contributed by atoms with Crippen molar-refractivity contribution in [1.29, 1.82) is 0 Å². The number of nitrogens with zero attached hydrogens (tertiary/aromatic N) is 2. The SMILES string of the molecule is CCOC(=O)N1CCC(N2CCC(Nc3ccc(Cl)cc3)CC2)CC1. The molecule has 1 amide bonds. The van der Waals surface area contributed by atoms with Gasteiger partial charge in [0.25, 0.3) is 0 Å². The molecule has 0 spiro atoms. The summed E-state index contributed by atoms with van der Waals surface area (Å²) in [6, 6.07) is 9.06. The quantitative estimate of drug-likeness (QED) is 0.880. The van der Waals surface area contributed by atoms with Gasteiger partial charge in [-0.05, 0) is 56.9 Å². The Balaban J connectivity index is 1.41. The van der Waals surface area contributed by atoms with Crippen LogP contribution in [0.15, 0.2) is 24.3 Å². The summed E-state index contributed by atoms with van der Waals surface area (Å²) >= 11 is 5.94. The van der Waals surface area contributed by atoms with Gasteiger partial charge in [0.05, 0.1) is 6.61 Å². The Hall–Kier alpha value is -1.46. The second-order valence-electron chi connectivity index (χ2n) is 6.88. The van der Waals surface area contributed by atoms with E-state index in [4.69, 9.17) is 16.3 Å². The fraction of sp³-hybridized carbons (Fsp3) is 0.632. The number of likely N-dealkylation sites (tertiary alicyclic amines) is 2. The summed E-state index contributed by atoms with van der Waals surface area (Å²) in [4.78, 5) is 16.2. The van der Waals surface area contributed by atoms with E-state index < -0.39 is 0 Å². The molecule has 2 aliphatic heterocycles. The van der Waals surface area contributed by atoms with Gasteiger partial charge in [0.15, 0.2) is 0 Å². The van der Waals surface area contributed by atoms with Crippen LogP contribution in [0.5, 0.6) is 0 Å².